The average molecular weight is 315 g/mol. The third-order valence-electron chi connectivity index (χ3n) is 4.75. The summed E-state index contributed by atoms with van der Waals surface area (Å²) in [5.74, 6) is -0.380. The number of hydrogen-bond donors (Lipinski definition) is 1. The van der Waals surface area contributed by atoms with Crippen molar-refractivity contribution in [2.75, 3.05) is 13.1 Å². The summed E-state index contributed by atoms with van der Waals surface area (Å²) in [4.78, 5) is 2.45. The molecule has 0 fully saturated rings. The molecule has 0 saturated carbocycles. The van der Waals surface area contributed by atoms with Gasteiger partial charge in [-0.25, -0.2) is 4.39 Å². The van der Waals surface area contributed by atoms with Gasteiger partial charge in [0.15, 0.2) is 0 Å². The van der Waals surface area contributed by atoms with Crippen molar-refractivity contribution in [1.29, 1.82) is 0 Å². The monoisotopic (exact) mass is 314 g/mol. The van der Waals surface area contributed by atoms with Crippen LogP contribution in [0.2, 0.25) is 5.02 Å². The van der Waals surface area contributed by atoms with Crippen molar-refractivity contribution in [3.63, 3.8) is 0 Å². The van der Waals surface area contributed by atoms with Gasteiger partial charge in [0.1, 0.15) is 5.82 Å². The predicted molar refractivity (Wildman–Crippen MR) is 89.3 cm³/mol. The minimum Gasteiger partial charge on any atom is -0.326 e. The molecule has 1 atom stereocenters. The molecular weight excluding hydrogens is 287 g/mol. The second-order valence-electron chi connectivity index (χ2n) is 5.54. The van der Waals surface area contributed by atoms with E-state index >= 15 is 0 Å². The first-order chi connectivity index (χ1) is 9.94. The molecule has 0 radical (unpaired) electrons. The molecule has 0 aliphatic rings. The fourth-order valence-electron chi connectivity index (χ4n) is 3.42. The second-order valence-corrected chi connectivity index (χ2v) is 5.95. The van der Waals surface area contributed by atoms with Crippen LogP contribution >= 0.6 is 11.6 Å². The van der Waals surface area contributed by atoms with Gasteiger partial charge in [-0.15, -0.1) is 0 Å². The first kappa shape index (κ1) is 18.4. The van der Waals surface area contributed by atoms with Gasteiger partial charge in [0, 0.05) is 11.6 Å². The molecule has 120 valence electrons. The van der Waals surface area contributed by atoms with Crippen LogP contribution < -0.4 is 5.73 Å². The normalized spacial score (nSPS) is 13.7. The highest BCUT2D eigenvalue weighted by atomic mass is 35.5. The maximum atomic E-state index is 13.3. The van der Waals surface area contributed by atoms with Crippen LogP contribution in [-0.2, 0) is 6.42 Å². The fourth-order valence-corrected chi connectivity index (χ4v) is 3.62. The average Bonchev–Trinajstić information content (AvgIpc) is 2.48. The molecule has 1 aromatic carbocycles. The lowest BCUT2D eigenvalue weighted by Gasteiger charge is -2.46. The van der Waals surface area contributed by atoms with Crippen LogP contribution in [0.4, 0.5) is 4.39 Å². The lowest BCUT2D eigenvalue weighted by Crippen LogP contribution is -2.60. The summed E-state index contributed by atoms with van der Waals surface area (Å²) < 4.78 is 13.3. The number of rotatable bonds is 8. The van der Waals surface area contributed by atoms with Crippen LogP contribution in [0.25, 0.3) is 0 Å². The van der Waals surface area contributed by atoms with Crippen LogP contribution in [0.15, 0.2) is 18.2 Å². The van der Waals surface area contributed by atoms with E-state index in [4.69, 9.17) is 17.3 Å². The molecule has 1 unspecified atom stereocenters. The van der Waals surface area contributed by atoms with E-state index in [1.54, 1.807) is 12.1 Å². The van der Waals surface area contributed by atoms with E-state index in [-0.39, 0.29) is 22.4 Å². The molecule has 2 nitrogen and oxygen atoms in total. The number of likely N-dealkylation sites (N-methyl/N-ethyl adjacent to an activating group) is 1. The van der Waals surface area contributed by atoms with E-state index in [9.17, 15) is 4.39 Å². The first-order valence-corrected chi connectivity index (χ1v) is 8.27. The van der Waals surface area contributed by atoms with E-state index in [1.165, 1.54) is 6.07 Å². The van der Waals surface area contributed by atoms with Gasteiger partial charge in [-0.3, -0.25) is 4.90 Å². The third-order valence-corrected chi connectivity index (χ3v) is 5.04. The highest BCUT2D eigenvalue weighted by molar-refractivity contribution is 6.30. The predicted octanol–water partition coefficient (Wildman–Crippen LogP) is 4.25. The van der Waals surface area contributed by atoms with Gasteiger partial charge in [0.25, 0.3) is 0 Å². The van der Waals surface area contributed by atoms with Crippen LogP contribution in [0.3, 0.4) is 0 Å². The molecule has 4 heteroatoms. The van der Waals surface area contributed by atoms with Gasteiger partial charge in [0.2, 0.25) is 0 Å². The first-order valence-electron chi connectivity index (χ1n) is 7.89. The van der Waals surface area contributed by atoms with Crippen LogP contribution in [-0.4, -0.2) is 29.6 Å². The molecule has 0 aromatic heterocycles. The fraction of sp³-hybridized carbons (Fsp3) is 0.647. The van der Waals surface area contributed by atoms with Gasteiger partial charge in [-0.05, 0) is 50.0 Å². The Morgan fingerprint density at radius 3 is 2.19 bits per heavy atom. The summed E-state index contributed by atoms with van der Waals surface area (Å²) in [6.07, 6.45) is 2.71. The molecule has 0 bridgehead atoms. The molecule has 21 heavy (non-hydrogen) atoms. The lowest BCUT2D eigenvalue weighted by molar-refractivity contribution is 0.0628. The van der Waals surface area contributed by atoms with E-state index in [0.29, 0.717) is 6.42 Å². The Morgan fingerprint density at radius 1 is 1.19 bits per heavy atom. The van der Waals surface area contributed by atoms with Gasteiger partial charge in [-0.1, -0.05) is 45.4 Å². The quantitative estimate of drug-likeness (QED) is 0.777. The van der Waals surface area contributed by atoms with Gasteiger partial charge in [-0.2, -0.15) is 0 Å². The SMILES string of the molecule is CCN(CC)C(CC)(CC)C(N)Cc1ccc(F)c(Cl)c1. The third kappa shape index (κ3) is 3.97. The number of nitrogens with zero attached hydrogens (tertiary/aromatic N) is 1. The maximum Gasteiger partial charge on any atom is 0.141 e. The van der Waals surface area contributed by atoms with Crippen molar-refractivity contribution in [2.45, 2.75) is 58.5 Å². The molecule has 0 heterocycles. The summed E-state index contributed by atoms with van der Waals surface area (Å²) in [6.45, 7) is 10.7. The summed E-state index contributed by atoms with van der Waals surface area (Å²) in [7, 11) is 0. The Hall–Kier alpha value is -0.640. The molecule has 1 aromatic rings. The Balaban J connectivity index is 3.00. The number of halogens is 2. The molecule has 2 N–H and O–H groups in total. The van der Waals surface area contributed by atoms with E-state index in [1.807, 2.05) is 0 Å². The highest BCUT2D eigenvalue weighted by Gasteiger charge is 2.37. The zero-order valence-electron chi connectivity index (χ0n) is 13.6. The Labute approximate surface area is 133 Å². The van der Waals surface area contributed by atoms with E-state index in [2.05, 4.69) is 32.6 Å². The van der Waals surface area contributed by atoms with E-state index in [0.717, 1.165) is 31.5 Å². The zero-order valence-corrected chi connectivity index (χ0v) is 14.4. The maximum absolute atomic E-state index is 13.3. The second kappa shape index (κ2) is 8.11. The minimum atomic E-state index is -0.380. The topological polar surface area (TPSA) is 29.3 Å². The van der Waals surface area contributed by atoms with Crippen molar-refractivity contribution in [3.05, 3.63) is 34.6 Å². The molecular formula is C17H28ClFN2. The van der Waals surface area contributed by atoms with Crippen molar-refractivity contribution < 1.29 is 4.39 Å². The Morgan fingerprint density at radius 2 is 1.76 bits per heavy atom. The Bertz CT molecular complexity index is 442. The van der Waals surface area contributed by atoms with E-state index < -0.39 is 0 Å². The highest BCUT2D eigenvalue weighted by Crippen LogP contribution is 2.29. The largest absolute Gasteiger partial charge is 0.326 e. The molecule has 0 amide bonds. The van der Waals surface area contributed by atoms with Crippen LogP contribution in [0.1, 0.15) is 46.1 Å². The smallest absolute Gasteiger partial charge is 0.141 e. The standard InChI is InChI=1S/C17H28ClFN2/c1-5-17(6-2,21(7-3)8-4)16(20)12-13-9-10-15(19)14(18)11-13/h9-11,16H,5-8,12,20H2,1-4H3. The number of hydrogen-bond acceptors (Lipinski definition) is 2. The number of benzene rings is 1. The van der Waals surface area contributed by atoms with Crippen molar-refractivity contribution in [2.24, 2.45) is 5.73 Å². The zero-order chi connectivity index (χ0) is 16.0. The van der Waals surface area contributed by atoms with Gasteiger partial charge < -0.3 is 5.73 Å². The van der Waals surface area contributed by atoms with Crippen molar-refractivity contribution in [1.82, 2.24) is 4.90 Å². The molecule has 0 aliphatic carbocycles. The van der Waals surface area contributed by atoms with Crippen LogP contribution in [0, 0.1) is 5.82 Å². The number of nitrogens with two attached hydrogens (primary N) is 1. The molecule has 0 spiro atoms. The minimum absolute atomic E-state index is 0.00562. The van der Waals surface area contributed by atoms with Crippen LogP contribution in [0.5, 0.6) is 0 Å². The Kier molecular flexibility index (Phi) is 7.11. The lowest BCUT2D eigenvalue weighted by atomic mass is 9.80. The summed E-state index contributed by atoms with van der Waals surface area (Å²) in [5.41, 5.74) is 7.54. The summed E-state index contributed by atoms with van der Waals surface area (Å²) in [6, 6.07) is 4.88. The van der Waals surface area contributed by atoms with Crippen molar-refractivity contribution >= 4 is 11.6 Å². The van der Waals surface area contributed by atoms with Gasteiger partial charge >= 0.3 is 0 Å². The van der Waals surface area contributed by atoms with Crippen molar-refractivity contribution in [3.8, 4) is 0 Å². The molecule has 0 saturated heterocycles. The van der Waals surface area contributed by atoms with Gasteiger partial charge in [0.05, 0.1) is 5.02 Å². The molecule has 0 aliphatic heterocycles. The summed E-state index contributed by atoms with van der Waals surface area (Å²) >= 11 is 5.87. The molecule has 1 rings (SSSR count). The summed E-state index contributed by atoms with van der Waals surface area (Å²) in [5, 5.41) is 0.168.